The van der Waals surface area contributed by atoms with Crippen molar-refractivity contribution < 1.29 is 0 Å². The summed E-state index contributed by atoms with van der Waals surface area (Å²) in [7, 11) is 0.370. The van der Waals surface area contributed by atoms with Gasteiger partial charge in [-0.3, -0.25) is 0 Å². The van der Waals surface area contributed by atoms with Crippen LogP contribution in [0.3, 0.4) is 0 Å². The molecule has 0 saturated heterocycles. The lowest BCUT2D eigenvalue weighted by atomic mass is 10.0. The Hall–Kier alpha value is -6.41. The number of nitrogens with zero attached hydrogens (tertiary/aromatic N) is 2. The van der Waals surface area contributed by atoms with Gasteiger partial charge in [-0.25, -0.2) is 0 Å². The molecule has 250 valence electrons. The fourth-order valence-corrected chi connectivity index (χ4v) is 7.59. The quantitative estimate of drug-likeness (QED) is 0.137. The van der Waals surface area contributed by atoms with E-state index >= 15 is 0 Å². The van der Waals surface area contributed by atoms with Crippen LogP contribution in [0.25, 0.3) is 22.3 Å². The van der Waals surface area contributed by atoms with Crippen LogP contribution in [0.1, 0.15) is 0 Å². The molecule has 1 atom stereocenters. The van der Waals surface area contributed by atoms with Crippen molar-refractivity contribution in [2.75, 3.05) is 14.9 Å². The number of benzene rings is 8. The standard InChI is InChI=1S/C48H38N3P/c1-5-15-37(16-6-1)39-25-29-42(30-26-39)50(43-31-27-40(28-32-43)38-17-7-2-8-18-38)44-33-35-46(36-34-44)52-51(45-21-11-4-12-22-45)48-24-14-13-23-47(48)49-41-19-9-3-10-20-41/h1-36,49,52H. The molecule has 0 bridgehead atoms. The van der Waals surface area contributed by atoms with Crippen molar-refractivity contribution in [3.05, 3.63) is 218 Å². The molecular formula is C48H38N3P. The van der Waals surface area contributed by atoms with Crippen molar-refractivity contribution in [3.8, 4) is 22.3 Å². The number of nitrogens with one attached hydrogen (secondary N) is 1. The maximum absolute atomic E-state index is 3.65. The van der Waals surface area contributed by atoms with Crippen molar-refractivity contribution in [2.24, 2.45) is 0 Å². The first-order valence-corrected chi connectivity index (χ1v) is 18.5. The highest BCUT2D eigenvalue weighted by atomic mass is 31.1. The van der Waals surface area contributed by atoms with Crippen molar-refractivity contribution in [1.29, 1.82) is 0 Å². The molecule has 0 aliphatic carbocycles. The highest BCUT2D eigenvalue weighted by Crippen LogP contribution is 2.42. The second-order valence-electron chi connectivity index (χ2n) is 12.5. The van der Waals surface area contributed by atoms with Crippen LogP contribution in [0.5, 0.6) is 0 Å². The van der Waals surface area contributed by atoms with Gasteiger partial charge in [0.2, 0.25) is 0 Å². The van der Waals surface area contributed by atoms with Gasteiger partial charge in [0.25, 0.3) is 0 Å². The predicted octanol–water partition coefficient (Wildman–Crippen LogP) is 13.3. The molecule has 0 spiro atoms. The van der Waals surface area contributed by atoms with E-state index in [1.807, 2.05) is 6.07 Å². The largest absolute Gasteiger partial charge is 0.354 e. The summed E-state index contributed by atoms with van der Waals surface area (Å²) < 4.78 is 2.41. The van der Waals surface area contributed by atoms with Gasteiger partial charge in [-0.2, -0.15) is 0 Å². The maximum atomic E-state index is 3.65. The first-order chi connectivity index (χ1) is 25.8. The highest BCUT2D eigenvalue weighted by Gasteiger charge is 2.17. The van der Waals surface area contributed by atoms with E-state index in [1.165, 1.54) is 27.6 Å². The summed E-state index contributed by atoms with van der Waals surface area (Å²) in [6, 6.07) is 77.4. The number of para-hydroxylation sites is 4. The van der Waals surface area contributed by atoms with Crippen molar-refractivity contribution in [1.82, 2.24) is 0 Å². The SMILES string of the molecule is c1ccc(Nc2ccccc2N(Pc2ccc(N(c3ccc(-c4ccccc4)cc3)c3ccc(-c4ccccc4)cc3)cc2)c2ccccc2)cc1. The Balaban J connectivity index is 1.13. The molecule has 0 amide bonds. The molecule has 4 heteroatoms. The van der Waals surface area contributed by atoms with Crippen LogP contribution in [0.2, 0.25) is 0 Å². The van der Waals surface area contributed by atoms with Gasteiger partial charge < -0.3 is 14.9 Å². The summed E-state index contributed by atoms with van der Waals surface area (Å²) in [5, 5.41) is 4.89. The third kappa shape index (κ3) is 7.51. The highest BCUT2D eigenvalue weighted by molar-refractivity contribution is 7.49. The van der Waals surface area contributed by atoms with Crippen LogP contribution in [0.4, 0.5) is 39.8 Å². The van der Waals surface area contributed by atoms with Gasteiger partial charge in [0.1, 0.15) is 0 Å². The summed E-state index contributed by atoms with van der Waals surface area (Å²) in [4.78, 5) is 2.34. The van der Waals surface area contributed by atoms with E-state index in [9.17, 15) is 0 Å². The Labute approximate surface area is 308 Å². The van der Waals surface area contributed by atoms with E-state index < -0.39 is 0 Å². The molecule has 3 nitrogen and oxygen atoms in total. The number of hydrogen-bond acceptors (Lipinski definition) is 3. The summed E-state index contributed by atoms with van der Waals surface area (Å²) in [5.74, 6) is 0. The lowest BCUT2D eigenvalue weighted by Crippen LogP contribution is -2.14. The van der Waals surface area contributed by atoms with Crippen LogP contribution in [-0.2, 0) is 0 Å². The van der Waals surface area contributed by atoms with Crippen LogP contribution in [0, 0.1) is 0 Å². The molecule has 8 aromatic rings. The third-order valence-corrected chi connectivity index (χ3v) is 10.4. The Morgan fingerprint density at radius 3 is 1.25 bits per heavy atom. The first-order valence-electron chi connectivity index (χ1n) is 17.5. The molecule has 0 fully saturated rings. The molecule has 1 unspecified atom stereocenters. The van der Waals surface area contributed by atoms with E-state index in [1.54, 1.807) is 0 Å². The molecule has 8 aromatic carbocycles. The molecule has 0 aliphatic heterocycles. The van der Waals surface area contributed by atoms with Crippen LogP contribution in [-0.4, -0.2) is 0 Å². The van der Waals surface area contributed by atoms with E-state index in [4.69, 9.17) is 0 Å². The van der Waals surface area contributed by atoms with E-state index in [0.717, 1.165) is 39.8 Å². The van der Waals surface area contributed by atoms with E-state index in [-0.39, 0.29) is 0 Å². The lowest BCUT2D eigenvalue weighted by molar-refractivity contribution is 1.29. The molecule has 0 aliphatic rings. The minimum Gasteiger partial charge on any atom is -0.354 e. The zero-order chi connectivity index (χ0) is 35.0. The minimum absolute atomic E-state index is 0.370. The number of rotatable bonds is 11. The average molecular weight is 688 g/mol. The first kappa shape index (κ1) is 32.8. The fraction of sp³-hybridized carbons (Fsp3) is 0. The predicted molar refractivity (Wildman–Crippen MR) is 225 cm³/mol. The summed E-state index contributed by atoms with van der Waals surface area (Å²) in [6.45, 7) is 0. The Morgan fingerprint density at radius 2 is 0.731 bits per heavy atom. The number of hydrogen-bond donors (Lipinski definition) is 1. The van der Waals surface area contributed by atoms with Crippen LogP contribution in [0.15, 0.2) is 218 Å². The fourth-order valence-electron chi connectivity index (χ4n) is 6.42. The Bertz CT molecular complexity index is 2230. The molecule has 8 rings (SSSR count). The maximum Gasteiger partial charge on any atom is 0.0684 e. The van der Waals surface area contributed by atoms with Gasteiger partial charge in [0, 0.05) is 37.2 Å². The molecular weight excluding hydrogens is 650 g/mol. The van der Waals surface area contributed by atoms with Gasteiger partial charge in [0.15, 0.2) is 0 Å². The third-order valence-electron chi connectivity index (χ3n) is 9.04. The monoisotopic (exact) mass is 687 g/mol. The second-order valence-corrected chi connectivity index (χ2v) is 13.7. The summed E-state index contributed by atoms with van der Waals surface area (Å²) in [6.07, 6.45) is 0. The Kier molecular flexibility index (Phi) is 9.86. The zero-order valence-corrected chi connectivity index (χ0v) is 29.7. The van der Waals surface area contributed by atoms with Crippen molar-refractivity contribution in [2.45, 2.75) is 0 Å². The van der Waals surface area contributed by atoms with Crippen molar-refractivity contribution in [3.63, 3.8) is 0 Å². The smallest absolute Gasteiger partial charge is 0.0684 e. The molecule has 52 heavy (non-hydrogen) atoms. The zero-order valence-electron chi connectivity index (χ0n) is 28.7. The summed E-state index contributed by atoms with van der Waals surface area (Å²) in [5.41, 5.74) is 12.5. The second kappa shape index (κ2) is 15.6. The van der Waals surface area contributed by atoms with Gasteiger partial charge in [0.05, 0.1) is 11.4 Å². The minimum atomic E-state index is 0.370. The topological polar surface area (TPSA) is 18.5 Å². The molecule has 1 N–H and O–H groups in total. The lowest BCUT2D eigenvalue weighted by Gasteiger charge is -2.28. The van der Waals surface area contributed by atoms with Crippen LogP contribution < -0.4 is 20.2 Å². The molecule has 0 saturated carbocycles. The van der Waals surface area contributed by atoms with Gasteiger partial charge in [-0.15, -0.1) is 0 Å². The molecule has 0 heterocycles. The average Bonchev–Trinajstić information content (AvgIpc) is 3.23. The summed E-state index contributed by atoms with van der Waals surface area (Å²) >= 11 is 0. The number of anilines is 7. The van der Waals surface area contributed by atoms with Crippen LogP contribution >= 0.6 is 8.73 Å². The van der Waals surface area contributed by atoms with E-state index in [0.29, 0.717) is 8.73 Å². The molecule has 0 aromatic heterocycles. The normalized spacial score (nSPS) is 11.0. The Morgan fingerprint density at radius 1 is 0.327 bits per heavy atom. The van der Waals surface area contributed by atoms with E-state index in [2.05, 4.69) is 227 Å². The van der Waals surface area contributed by atoms with Crippen molar-refractivity contribution >= 4 is 53.8 Å². The van der Waals surface area contributed by atoms with Gasteiger partial charge in [-0.1, -0.05) is 146 Å². The molecule has 0 radical (unpaired) electrons. The van der Waals surface area contributed by atoms with Gasteiger partial charge >= 0.3 is 0 Å². The van der Waals surface area contributed by atoms with Gasteiger partial charge in [-0.05, 0) is 100 Å².